The van der Waals surface area contributed by atoms with Gasteiger partial charge in [0.1, 0.15) is 5.69 Å². The van der Waals surface area contributed by atoms with Crippen molar-refractivity contribution in [2.24, 2.45) is 0 Å². The second-order valence-electron chi connectivity index (χ2n) is 6.83. The molecule has 136 valence electrons. The average molecular weight is 358 g/mol. The predicted octanol–water partition coefficient (Wildman–Crippen LogP) is 4.09. The van der Waals surface area contributed by atoms with Crippen LogP contribution in [0.15, 0.2) is 66.9 Å². The van der Waals surface area contributed by atoms with Gasteiger partial charge >= 0.3 is 0 Å². The second-order valence-corrected chi connectivity index (χ2v) is 6.83. The summed E-state index contributed by atoms with van der Waals surface area (Å²) in [6.07, 6.45) is 2.71. The smallest absolute Gasteiger partial charge is 0.274 e. The molecule has 0 aliphatic carbocycles. The number of para-hydroxylation sites is 1. The molecule has 5 heteroatoms. The number of hydrogen-bond donors (Lipinski definition) is 1. The molecule has 0 saturated heterocycles. The minimum absolute atomic E-state index is 0.207. The van der Waals surface area contributed by atoms with Gasteiger partial charge in [-0.05, 0) is 54.4 Å². The molecule has 1 aromatic heterocycles. The molecular weight excluding hydrogens is 336 g/mol. The first kappa shape index (κ1) is 17.1. The van der Waals surface area contributed by atoms with Gasteiger partial charge in [0.05, 0.1) is 0 Å². The predicted molar refractivity (Wildman–Crippen MR) is 110 cm³/mol. The molecule has 27 heavy (non-hydrogen) atoms. The Kier molecular flexibility index (Phi) is 4.50. The fraction of sp³-hybridized carbons (Fsp3) is 0.182. The number of carbonyl (C=O) groups is 1. The zero-order valence-electron chi connectivity index (χ0n) is 15.5. The molecule has 2 heterocycles. The lowest BCUT2D eigenvalue weighted by Gasteiger charge is -2.20. The third-order valence-corrected chi connectivity index (χ3v) is 4.82. The second kappa shape index (κ2) is 7.11. The Morgan fingerprint density at radius 1 is 1.07 bits per heavy atom. The zero-order valence-corrected chi connectivity index (χ0v) is 15.5. The van der Waals surface area contributed by atoms with Crippen LogP contribution in [0.1, 0.15) is 16.1 Å². The molecule has 0 spiro atoms. The fourth-order valence-corrected chi connectivity index (χ4v) is 3.36. The summed E-state index contributed by atoms with van der Waals surface area (Å²) in [7, 11) is 3.97. The monoisotopic (exact) mass is 358 g/mol. The van der Waals surface area contributed by atoms with Gasteiger partial charge < -0.3 is 15.1 Å². The summed E-state index contributed by atoms with van der Waals surface area (Å²) in [6.45, 7) is 0.913. The minimum atomic E-state index is -0.207. The zero-order chi connectivity index (χ0) is 18.8. The van der Waals surface area contributed by atoms with Gasteiger partial charge in [-0.1, -0.05) is 18.2 Å². The Morgan fingerprint density at radius 3 is 2.63 bits per heavy atom. The third kappa shape index (κ3) is 3.49. The van der Waals surface area contributed by atoms with Crippen molar-refractivity contribution in [1.82, 2.24) is 4.98 Å². The summed E-state index contributed by atoms with van der Waals surface area (Å²) >= 11 is 0. The number of anilines is 4. The average Bonchev–Trinajstić information content (AvgIpc) is 3.12. The first-order valence-electron chi connectivity index (χ1n) is 9.02. The molecule has 5 nitrogen and oxygen atoms in total. The molecule has 1 N–H and O–H groups in total. The van der Waals surface area contributed by atoms with E-state index in [2.05, 4.69) is 33.4 Å². The van der Waals surface area contributed by atoms with E-state index < -0.39 is 0 Å². The lowest BCUT2D eigenvalue weighted by Crippen LogP contribution is -2.17. The summed E-state index contributed by atoms with van der Waals surface area (Å²) in [6, 6.07) is 19.9. The van der Waals surface area contributed by atoms with Crippen LogP contribution in [-0.4, -0.2) is 31.5 Å². The van der Waals surface area contributed by atoms with Gasteiger partial charge in [-0.3, -0.25) is 9.78 Å². The van der Waals surface area contributed by atoms with Crippen LogP contribution in [-0.2, 0) is 6.42 Å². The van der Waals surface area contributed by atoms with Crippen molar-refractivity contribution in [2.45, 2.75) is 6.42 Å². The maximum Gasteiger partial charge on any atom is 0.274 e. The molecule has 4 rings (SSSR count). The van der Waals surface area contributed by atoms with Gasteiger partial charge in [-0.25, -0.2) is 0 Å². The van der Waals surface area contributed by atoms with E-state index >= 15 is 0 Å². The molecule has 1 amide bonds. The number of pyridine rings is 1. The lowest BCUT2D eigenvalue weighted by molar-refractivity contribution is 0.102. The van der Waals surface area contributed by atoms with E-state index in [0.29, 0.717) is 5.69 Å². The topological polar surface area (TPSA) is 48.5 Å². The lowest BCUT2D eigenvalue weighted by atomic mass is 10.2. The Morgan fingerprint density at radius 2 is 1.85 bits per heavy atom. The summed E-state index contributed by atoms with van der Waals surface area (Å²) in [5, 5.41) is 2.92. The summed E-state index contributed by atoms with van der Waals surface area (Å²) in [5.41, 5.74) is 5.78. The molecule has 1 aliphatic rings. The van der Waals surface area contributed by atoms with Gasteiger partial charge in [0.15, 0.2) is 0 Å². The van der Waals surface area contributed by atoms with Crippen LogP contribution < -0.4 is 15.1 Å². The highest BCUT2D eigenvalue weighted by atomic mass is 16.1. The summed E-state index contributed by atoms with van der Waals surface area (Å²) in [4.78, 5) is 21.2. The van der Waals surface area contributed by atoms with Crippen LogP contribution >= 0.6 is 0 Å². The van der Waals surface area contributed by atoms with Crippen LogP contribution in [0.25, 0.3) is 0 Å². The molecule has 3 aromatic rings. The van der Waals surface area contributed by atoms with E-state index in [0.717, 1.165) is 30.0 Å². The van der Waals surface area contributed by atoms with Gasteiger partial charge in [0.25, 0.3) is 5.91 Å². The number of hydrogen-bond acceptors (Lipinski definition) is 4. The standard InChI is InChI=1S/C22H22N4O/c1-25(2)18-9-7-17(8-10-18)24-22(27)20-15-19(11-13-23-20)26-14-12-16-5-3-4-6-21(16)26/h3-11,13,15H,12,14H2,1-2H3,(H,24,27). The number of amides is 1. The van der Waals surface area contributed by atoms with Crippen molar-refractivity contribution in [1.29, 1.82) is 0 Å². The Hall–Kier alpha value is -3.34. The van der Waals surface area contributed by atoms with Crippen LogP contribution in [0.5, 0.6) is 0 Å². The highest BCUT2D eigenvalue weighted by molar-refractivity contribution is 6.03. The first-order chi connectivity index (χ1) is 13.1. The van der Waals surface area contributed by atoms with E-state index in [-0.39, 0.29) is 5.91 Å². The van der Waals surface area contributed by atoms with E-state index in [1.807, 2.05) is 61.5 Å². The van der Waals surface area contributed by atoms with Crippen molar-refractivity contribution in [3.63, 3.8) is 0 Å². The Bertz CT molecular complexity index is 966. The molecule has 0 radical (unpaired) electrons. The molecule has 2 aromatic carbocycles. The van der Waals surface area contributed by atoms with Crippen molar-refractivity contribution in [3.05, 3.63) is 78.1 Å². The van der Waals surface area contributed by atoms with E-state index in [4.69, 9.17) is 0 Å². The Labute approximate surface area is 159 Å². The number of rotatable bonds is 4. The highest BCUT2D eigenvalue weighted by Gasteiger charge is 2.20. The summed E-state index contributed by atoms with van der Waals surface area (Å²) < 4.78 is 0. The van der Waals surface area contributed by atoms with E-state index in [1.54, 1.807) is 6.20 Å². The molecule has 1 aliphatic heterocycles. The molecule has 0 atom stereocenters. The molecular formula is C22H22N4O. The molecule has 0 fully saturated rings. The first-order valence-corrected chi connectivity index (χ1v) is 9.02. The van der Waals surface area contributed by atoms with E-state index in [9.17, 15) is 4.79 Å². The number of aromatic nitrogens is 1. The SMILES string of the molecule is CN(C)c1ccc(NC(=O)c2cc(N3CCc4ccccc43)ccn2)cc1. The third-order valence-electron chi connectivity index (χ3n) is 4.82. The van der Waals surface area contributed by atoms with Crippen molar-refractivity contribution in [2.75, 3.05) is 35.8 Å². The van der Waals surface area contributed by atoms with Crippen molar-refractivity contribution in [3.8, 4) is 0 Å². The van der Waals surface area contributed by atoms with Crippen LogP contribution in [0, 0.1) is 0 Å². The van der Waals surface area contributed by atoms with Crippen molar-refractivity contribution >= 4 is 28.7 Å². The van der Waals surface area contributed by atoms with Crippen LogP contribution in [0.3, 0.4) is 0 Å². The van der Waals surface area contributed by atoms with Gasteiger partial charge in [-0.15, -0.1) is 0 Å². The van der Waals surface area contributed by atoms with Gasteiger partial charge in [0, 0.05) is 49.6 Å². The Balaban J connectivity index is 1.53. The largest absolute Gasteiger partial charge is 0.378 e. The fourth-order valence-electron chi connectivity index (χ4n) is 3.36. The van der Waals surface area contributed by atoms with Crippen LogP contribution in [0.2, 0.25) is 0 Å². The number of nitrogens with zero attached hydrogens (tertiary/aromatic N) is 3. The van der Waals surface area contributed by atoms with E-state index in [1.165, 1.54) is 11.3 Å². The quantitative estimate of drug-likeness (QED) is 0.763. The number of nitrogens with one attached hydrogen (secondary N) is 1. The molecule has 0 unspecified atom stereocenters. The van der Waals surface area contributed by atoms with Crippen LogP contribution in [0.4, 0.5) is 22.7 Å². The molecule has 0 saturated carbocycles. The maximum absolute atomic E-state index is 12.6. The van der Waals surface area contributed by atoms with Crippen molar-refractivity contribution < 1.29 is 4.79 Å². The number of carbonyl (C=O) groups excluding carboxylic acids is 1. The molecule has 0 bridgehead atoms. The normalized spacial score (nSPS) is 12.6. The van der Waals surface area contributed by atoms with Gasteiger partial charge in [-0.2, -0.15) is 0 Å². The number of fused-ring (bicyclic) bond motifs is 1. The number of benzene rings is 2. The summed E-state index contributed by atoms with van der Waals surface area (Å²) in [5.74, 6) is -0.207. The minimum Gasteiger partial charge on any atom is -0.378 e. The maximum atomic E-state index is 12.6. The van der Waals surface area contributed by atoms with Gasteiger partial charge in [0.2, 0.25) is 0 Å². The highest BCUT2D eigenvalue weighted by Crippen LogP contribution is 2.34.